The highest BCUT2D eigenvalue weighted by Crippen LogP contribution is 2.34. The van der Waals surface area contributed by atoms with E-state index in [1.54, 1.807) is 7.11 Å². The zero-order valence-corrected chi connectivity index (χ0v) is 11.0. The van der Waals surface area contributed by atoms with Crippen LogP contribution in [0.3, 0.4) is 0 Å². The molecule has 17 heavy (non-hydrogen) atoms. The zero-order chi connectivity index (χ0) is 12.3. The fourth-order valence-corrected chi connectivity index (χ4v) is 2.85. The van der Waals surface area contributed by atoms with Crippen molar-refractivity contribution in [1.29, 1.82) is 0 Å². The molecular weight excluding hydrogens is 234 g/mol. The average Bonchev–Trinajstić information content (AvgIpc) is 2.55. The number of hydrogen-bond acceptors (Lipinski definition) is 2. The van der Waals surface area contributed by atoms with E-state index in [2.05, 4.69) is 6.07 Å². The van der Waals surface area contributed by atoms with E-state index in [9.17, 15) is 0 Å². The standard InChI is InChI=1S/C14H20ClNO/c1-17-14-9-10(7-8-12(14)15)11-5-3-2-4-6-13(11)16/h7-9,11,13H,2-6,16H2,1H3. The first-order chi connectivity index (χ1) is 8.22. The largest absolute Gasteiger partial charge is 0.495 e. The van der Waals surface area contributed by atoms with Crippen LogP contribution in [0.5, 0.6) is 5.75 Å². The molecule has 1 aromatic carbocycles. The Hall–Kier alpha value is -0.730. The number of ether oxygens (including phenoxy) is 1. The van der Waals surface area contributed by atoms with E-state index in [1.807, 2.05) is 12.1 Å². The van der Waals surface area contributed by atoms with Crippen molar-refractivity contribution in [3.05, 3.63) is 28.8 Å². The number of halogens is 1. The molecular formula is C14H20ClNO. The van der Waals surface area contributed by atoms with Crippen LogP contribution in [0, 0.1) is 0 Å². The van der Waals surface area contributed by atoms with Crippen molar-refractivity contribution in [2.24, 2.45) is 5.73 Å². The van der Waals surface area contributed by atoms with Crippen LogP contribution in [0.15, 0.2) is 18.2 Å². The van der Waals surface area contributed by atoms with Gasteiger partial charge in [-0.1, -0.05) is 36.9 Å². The van der Waals surface area contributed by atoms with Crippen molar-refractivity contribution in [2.75, 3.05) is 7.11 Å². The quantitative estimate of drug-likeness (QED) is 0.816. The summed E-state index contributed by atoms with van der Waals surface area (Å²) in [7, 11) is 1.65. The molecule has 1 aliphatic rings. The van der Waals surface area contributed by atoms with Gasteiger partial charge in [0.1, 0.15) is 5.75 Å². The fraction of sp³-hybridized carbons (Fsp3) is 0.571. The molecule has 94 valence electrons. The smallest absolute Gasteiger partial charge is 0.137 e. The highest BCUT2D eigenvalue weighted by molar-refractivity contribution is 6.32. The summed E-state index contributed by atoms with van der Waals surface area (Å²) in [6, 6.07) is 6.30. The van der Waals surface area contributed by atoms with Gasteiger partial charge in [-0.15, -0.1) is 0 Å². The third-order valence-corrected chi connectivity index (χ3v) is 3.98. The van der Waals surface area contributed by atoms with E-state index in [1.165, 1.54) is 31.2 Å². The number of nitrogens with two attached hydrogens (primary N) is 1. The molecule has 0 amide bonds. The van der Waals surface area contributed by atoms with Crippen molar-refractivity contribution >= 4 is 11.6 Å². The molecule has 2 unspecified atom stereocenters. The first-order valence-corrected chi connectivity index (χ1v) is 6.69. The van der Waals surface area contributed by atoms with E-state index < -0.39 is 0 Å². The average molecular weight is 254 g/mol. The monoisotopic (exact) mass is 253 g/mol. The third kappa shape index (κ3) is 2.93. The van der Waals surface area contributed by atoms with Gasteiger partial charge in [0.25, 0.3) is 0 Å². The second-order valence-corrected chi connectivity index (χ2v) is 5.21. The van der Waals surface area contributed by atoms with Crippen LogP contribution in [0.1, 0.15) is 43.6 Å². The normalized spacial score (nSPS) is 25.4. The molecule has 3 heteroatoms. The highest BCUT2D eigenvalue weighted by atomic mass is 35.5. The minimum Gasteiger partial charge on any atom is -0.495 e. The predicted molar refractivity (Wildman–Crippen MR) is 71.8 cm³/mol. The van der Waals surface area contributed by atoms with E-state index >= 15 is 0 Å². The Morgan fingerprint density at radius 1 is 1.24 bits per heavy atom. The molecule has 1 aliphatic carbocycles. The van der Waals surface area contributed by atoms with E-state index in [4.69, 9.17) is 22.1 Å². The van der Waals surface area contributed by atoms with Gasteiger partial charge in [-0.25, -0.2) is 0 Å². The molecule has 1 aromatic rings. The van der Waals surface area contributed by atoms with Crippen LogP contribution >= 0.6 is 11.6 Å². The molecule has 0 spiro atoms. The Kier molecular flexibility index (Phi) is 4.30. The molecule has 1 saturated carbocycles. The van der Waals surface area contributed by atoms with Crippen molar-refractivity contribution in [2.45, 2.75) is 44.1 Å². The van der Waals surface area contributed by atoms with Crippen molar-refractivity contribution < 1.29 is 4.74 Å². The zero-order valence-electron chi connectivity index (χ0n) is 10.3. The van der Waals surface area contributed by atoms with Gasteiger partial charge in [0, 0.05) is 6.04 Å². The molecule has 2 nitrogen and oxygen atoms in total. The molecule has 0 radical (unpaired) electrons. The minimum absolute atomic E-state index is 0.267. The lowest BCUT2D eigenvalue weighted by Gasteiger charge is -2.22. The summed E-state index contributed by atoms with van der Waals surface area (Å²) in [4.78, 5) is 0. The van der Waals surface area contributed by atoms with Gasteiger partial charge in [-0.3, -0.25) is 0 Å². The SMILES string of the molecule is COc1cc(C2CCCCCC2N)ccc1Cl. The Labute approximate surface area is 108 Å². The topological polar surface area (TPSA) is 35.2 Å². The number of hydrogen-bond donors (Lipinski definition) is 1. The van der Waals surface area contributed by atoms with E-state index in [0.717, 1.165) is 12.2 Å². The molecule has 1 fully saturated rings. The van der Waals surface area contributed by atoms with Crippen LogP contribution in [0.2, 0.25) is 5.02 Å². The maximum atomic E-state index is 6.27. The summed E-state index contributed by atoms with van der Waals surface area (Å²) >= 11 is 6.05. The predicted octanol–water partition coefficient (Wildman–Crippen LogP) is 3.72. The van der Waals surface area contributed by atoms with Gasteiger partial charge in [0.05, 0.1) is 12.1 Å². The minimum atomic E-state index is 0.267. The van der Waals surface area contributed by atoms with Gasteiger partial charge < -0.3 is 10.5 Å². The van der Waals surface area contributed by atoms with Crippen molar-refractivity contribution in [1.82, 2.24) is 0 Å². The maximum absolute atomic E-state index is 6.27. The summed E-state index contributed by atoms with van der Waals surface area (Å²) in [5.74, 6) is 1.20. The van der Waals surface area contributed by atoms with Crippen LogP contribution < -0.4 is 10.5 Å². The molecule has 0 saturated heterocycles. The second kappa shape index (κ2) is 5.74. The lowest BCUT2D eigenvalue weighted by atomic mass is 9.88. The second-order valence-electron chi connectivity index (χ2n) is 4.80. The molecule has 0 aliphatic heterocycles. The van der Waals surface area contributed by atoms with Crippen LogP contribution in [-0.2, 0) is 0 Å². The van der Waals surface area contributed by atoms with Gasteiger partial charge in [0.15, 0.2) is 0 Å². The molecule has 2 N–H and O–H groups in total. The number of rotatable bonds is 2. The van der Waals surface area contributed by atoms with Crippen LogP contribution in [0.25, 0.3) is 0 Å². The summed E-state index contributed by atoms with van der Waals surface area (Å²) in [6.07, 6.45) is 6.11. The summed E-state index contributed by atoms with van der Waals surface area (Å²) < 4.78 is 5.27. The number of methoxy groups -OCH3 is 1. The molecule has 0 bridgehead atoms. The lowest BCUT2D eigenvalue weighted by Crippen LogP contribution is -2.27. The Bertz CT molecular complexity index is 380. The number of benzene rings is 1. The molecule has 2 rings (SSSR count). The summed E-state index contributed by atoms with van der Waals surface area (Å²) in [6.45, 7) is 0. The van der Waals surface area contributed by atoms with Crippen molar-refractivity contribution in [3.8, 4) is 5.75 Å². The Morgan fingerprint density at radius 3 is 2.76 bits per heavy atom. The van der Waals surface area contributed by atoms with E-state index in [-0.39, 0.29) is 6.04 Å². The molecule has 2 atom stereocenters. The Morgan fingerprint density at radius 2 is 2.00 bits per heavy atom. The maximum Gasteiger partial charge on any atom is 0.137 e. The first-order valence-electron chi connectivity index (χ1n) is 6.31. The van der Waals surface area contributed by atoms with Gasteiger partial charge >= 0.3 is 0 Å². The Balaban J connectivity index is 2.25. The van der Waals surface area contributed by atoms with Crippen LogP contribution in [0.4, 0.5) is 0 Å². The summed E-state index contributed by atoms with van der Waals surface area (Å²) in [5.41, 5.74) is 7.53. The summed E-state index contributed by atoms with van der Waals surface area (Å²) in [5, 5.41) is 0.665. The third-order valence-electron chi connectivity index (χ3n) is 3.67. The van der Waals surface area contributed by atoms with Gasteiger partial charge in [0.2, 0.25) is 0 Å². The molecule has 0 aromatic heterocycles. The fourth-order valence-electron chi connectivity index (χ4n) is 2.66. The van der Waals surface area contributed by atoms with Crippen molar-refractivity contribution in [3.63, 3.8) is 0 Å². The molecule has 0 heterocycles. The van der Waals surface area contributed by atoms with Gasteiger partial charge in [-0.05, 0) is 36.5 Å². The lowest BCUT2D eigenvalue weighted by molar-refractivity contribution is 0.412. The van der Waals surface area contributed by atoms with E-state index in [0.29, 0.717) is 10.9 Å². The first kappa shape index (κ1) is 12.7. The highest BCUT2D eigenvalue weighted by Gasteiger charge is 2.22. The van der Waals surface area contributed by atoms with Crippen LogP contribution in [-0.4, -0.2) is 13.2 Å². The van der Waals surface area contributed by atoms with Gasteiger partial charge in [-0.2, -0.15) is 0 Å².